The molecule has 0 N–H and O–H groups in total. The third-order valence-electron chi connectivity index (χ3n) is 16.5. The van der Waals surface area contributed by atoms with Gasteiger partial charge in [-0.2, -0.15) is 0 Å². The first-order valence-corrected chi connectivity index (χ1v) is 25.3. The maximum Gasteiger partial charge on any atom is 0.0714 e. The van der Waals surface area contributed by atoms with Gasteiger partial charge >= 0.3 is 0 Å². The molecule has 3 aliphatic rings. The number of fused-ring (bicyclic) bond motifs is 9. The Kier molecular flexibility index (Phi) is 9.68. The van der Waals surface area contributed by atoms with Crippen molar-refractivity contribution in [1.29, 1.82) is 0 Å². The fraction of sp³-hybridized carbons (Fsp3) is 0.217. The Balaban J connectivity index is 1.16. The zero-order valence-corrected chi connectivity index (χ0v) is 42.5. The van der Waals surface area contributed by atoms with Crippen molar-refractivity contribution in [3.05, 3.63) is 256 Å². The van der Waals surface area contributed by atoms with Crippen molar-refractivity contribution in [3.8, 4) is 44.5 Å². The van der Waals surface area contributed by atoms with E-state index in [2.05, 4.69) is 274 Å². The molecule has 0 heterocycles. The molecule has 3 aliphatic carbocycles. The van der Waals surface area contributed by atoms with Crippen LogP contribution < -0.4 is 4.90 Å². The minimum Gasteiger partial charge on any atom is -0.309 e. The monoisotopic (exact) mass is 905 g/mol. The smallest absolute Gasteiger partial charge is 0.0714 e. The lowest BCUT2D eigenvalue weighted by Gasteiger charge is -2.36. The summed E-state index contributed by atoms with van der Waals surface area (Å²) in [4.78, 5) is 2.61. The average molecular weight is 906 g/mol. The van der Waals surface area contributed by atoms with Crippen LogP contribution in [-0.4, -0.2) is 0 Å². The van der Waals surface area contributed by atoms with E-state index in [1.165, 1.54) is 106 Å². The number of anilines is 3. The van der Waals surface area contributed by atoms with Gasteiger partial charge in [-0.3, -0.25) is 0 Å². The molecule has 9 aromatic rings. The molecule has 1 nitrogen and oxygen atoms in total. The van der Waals surface area contributed by atoms with Crippen LogP contribution in [0.25, 0.3) is 44.5 Å². The van der Waals surface area contributed by atoms with Crippen molar-refractivity contribution in [2.45, 2.75) is 96.3 Å². The molecule has 0 bridgehead atoms. The van der Waals surface area contributed by atoms with E-state index in [0.717, 1.165) is 11.4 Å². The first-order chi connectivity index (χ1) is 33.5. The summed E-state index contributed by atoms with van der Waals surface area (Å²) in [5, 5.41) is 0. The molecule has 0 spiro atoms. The van der Waals surface area contributed by atoms with Gasteiger partial charge in [-0.05, 0) is 124 Å². The normalized spacial score (nSPS) is 15.3. The minimum absolute atomic E-state index is 0.0231. The molecular weight excluding hydrogens is 843 g/mol. The molecule has 9 aromatic carbocycles. The van der Waals surface area contributed by atoms with Crippen LogP contribution in [0.4, 0.5) is 17.1 Å². The summed E-state index contributed by atoms with van der Waals surface area (Å²) in [6.45, 7) is 23.5. The Labute approximate surface area is 416 Å². The molecular formula is C69H63N. The van der Waals surface area contributed by atoms with Gasteiger partial charge in [0.05, 0.1) is 16.8 Å². The first-order valence-electron chi connectivity index (χ1n) is 25.3. The summed E-state index contributed by atoms with van der Waals surface area (Å²) in [5.41, 5.74) is 26.2. The summed E-state index contributed by atoms with van der Waals surface area (Å²) < 4.78 is 0. The van der Waals surface area contributed by atoms with Crippen LogP contribution in [0.3, 0.4) is 0 Å². The molecule has 1 heteroatoms. The topological polar surface area (TPSA) is 3.24 Å². The van der Waals surface area contributed by atoms with E-state index in [9.17, 15) is 0 Å². The molecule has 0 saturated heterocycles. The van der Waals surface area contributed by atoms with E-state index in [1.807, 2.05) is 0 Å². The number of hydrogen-bond donors (Lipinski definition) is 0. The third kappa shape index (κ3) is 6.29. The fourth-order valence-corrected chi connectivity index (χ4v) is 12.9. The van der Waals surface area contributed by atoms with Crippen LogP contribution in [0.5, 0.6) is 0 Å². The number of benzene rings is 9. The molecule has 70 heavy (non-hydrogen) atoms. The van der Waals surface area contributed by atoms with Crippen molar-refractivity contribution in [2.24, 2.45) is 0 Å². The molecule has 0 fully saturated rings. The van der Waals surface area contributed by atoms with Crippen LogP contribution in [0.2, 0.25) is 0 Å². The largest absolute Gasteiger partial charge is 0.309 e. The van der Waals surface area contributed by atoms with Gasteiger partial charge in [0.1, 0.15) is 0 Å². The minimum atomic E-state index is -0.586. The number of nitrogens with zero attached hydrogens (tertiary/aromatic N) is 1. The lowest BCUT2D eigenvalue weighted by Crippen LogP contribution is -2.29. The first kappa shape index (κ1) is 44.0. The van der Waals surface area contributed by atoms with Crippen LogP contribution in [0.1, 0.15) is 125 Å². The standard InChI is InChI=1S/C69H63N/c1-65(2,3)44-33-37-46(38-34-44)69(47-39-35-45(36-40-47)66(4,5)6)58-29-17-13-24-55(58)63-59(69)30-20-32-62(63)70(48-41-42-51-49-21-11-15-27-56(49)67(7,8)60(51)43-48)61-31-18-14-23-52(61)54-26-19-25-53-50-22-12-16-28-57(50)68(9,10)64(53)54/h11-43H,1-10H3. The second-order valence-corrected chi connectivity index (χ2v) is 23.3. The van der Waals surface area contributed by atoms with E-state index in [0.29, 0.717) is 0 Å². The molecule has 0 atom stereocenters. The second-order valence-electron chi connectivity index (χ2n) is 23.3. The molecule has 12 rings (SSSR count). The second kappa shape index (κ2) is 15.4. The van der Waals surface area contributed by atoms with Crippen LogP contribution in [-0.2, 0) is 27.1 Å². The summed E-state index contributed by atoms with van der Waals surface area (Å²) in [6, 6.07) is 77.0. The molecule has 0 saturated carbocycles. The van der Waals surface area contributed by atoms with Crippen molar-refractivity contribution in [3.63, 3.8) is 0 Å². The van der Waals surface area contributed by atoms with Gasteiger partial charge in [-0.25, -0.2) is 0 Å². The van der Waals surface area contributed by atoms with Crippen LogP contribution in [0, 0.1) is 0 Å². The summed E-state index contributed by atoms with van der Waals surface area (Å²) in [5.74, 6) is 0. The van der Waals surface area contributed by atoms with Crippen molar-refractivity contribution < 1.29 is 0 Å². The molecule has 0 aliphatic heterocycles. The molecule has 0 aromatic heterocycles. The lowest BCUT2D eigenvalue weighted by molar-refractivity contribution is 0.588. The molecule has 0 radical (unpaired) electrons. The maximum absolute atomic E-state index is 2.61. The van der Waals surface area contributed by atoms with Gasteiger partial charge in [0, 0.05) is 27.6 Å². The van der Waals surface area contributed by atoms with Gasteiger partial charge in [-0.1, -0.05) is 245 Å². The SMILES string of the molecule is CC(C)(C)c1ccc(C2(c3ccc(C(C)(C)C)cc3)c3ccccc3-c3c(N(c4ccc5c(c4)C(C)(C)c4ccccc4-5)c4ccccc4-c4cccc5c4C(C)(C)c4ccccc4-5)cccc32)cc1. The zero-order chi connectivity index (χ0) is 48.5. The van der Waals surface area contributed by atoms with E-state index in [4.69, 9.17) is 0 Å². The highest BCUT2D eigenvalue weighted by molar-refractivity contribution is 6.01. The summed E-state index contributed by atoms with van der Waals surface area (Å²) in [7, 11) is 0. The molecule has 0 amide bonds. The zero-order valence-electron chi connectivity index (χ0n) is 42.5. The van der Waals surface area contributed by atoms with Gasteiger partial charge in [0.15, 0.2) is 0 Å². The Morgan fingerprint density at radius 1 is 0.329 bits per heavy atom. The number of para-hydroxylation sites is 1. The Morgan fingerprint density at radius 3 is 1.36 bits per heavy atom. The lowest BCUT2D eigenvalue weighted by atomic mass is 9.67. The summed E-state index contributed by atoms with van der Waals surface area (Å²) in [6.07, 6.45) is 0. The highest BCUT2D eigenvalue weighted by Crippen LogP contribution is 2.61. The van der Waals surface area contributed by atoms with Gasteiger partial charge in [0.2, 0.25) is 0 Å². The number of rotatable bonds is 6. The fourth-order valence-electron chi connectivity index (χ4n) is 12.9. The maximum atomic E-state index is 2.61. The highest BCUT2D eigenvalue weighted by atomic mass is 15.1. The van der Waals surface area contributed by atoms with Crippen molar-refractivity contribution in [2.75, 3.05) is 4.90 Å². The molecule has 0 unspecified atom stereocenters. The summed E-state index contributed by atoms with van der Waals surface area (Å²) >= 11 is 0. The van der Waals surface area contributed by atoms with Gasteiger partial charge < -0.3 is 4.90 Å². The Hall–Kier alpha value is -7.22. The third-order valence-corrected chi connectivity index (χ3v) is 16.5. The predicted octanol–water partition coefficient (Wildman–Crippen LogP) is 18.4. The Morgan fingerprint density at radius 2 is 0.757 bits per heavy atom. The number of hydrogen-bond acceptors (Lipinski definition) is 1. The predicted molar refractivity (Wildman–Crippen MR) is 296 cm³/mol. The Bertz CT molecular complexity index is 3490. The quantitative estimate of drug-likeness (QED) is 0.161. The van der Waals surface area contributed by atoms with Gasteiger partial charge in [-0.15, -0.1) is 0 Å². The van der Waals surface area contributed by atoms with E-state index >= 15 is 0 Å². The highest BCUT2D eigenvalue weighted by Gasteiger charge is 2.48. The van der Waals surface area contributed by atoms with Gasteiger partial charge in [0.25, 0.3) is 0 Å². The van der Waals surface area contributed by atoms with Crippen molar-refractivity contribution in [1.82, 2.24) is 0 Å². The van der Waals surface area contributed by atoms with E-state index in [1.54, 1.807) is 0 Å². The van der Waals surface area contributed by atoms with E-state index in [-0.39, 0.29) is 21.7 Å². The average Bonchev–Trinajstić information content (AvgIpc) is 3.89. The van der Waals surface area contributed by atoms with Crippen molar-refractivity contribution >= 4 is 17.1 Å². The van der Waals surface area contributed by atoms with Crippen LogP contribution >= 0.6 is 0 Å². The molecule has 344 valence electrons. The van der Waals surface area contributed by atoms with E-state index < -0.39 is 5.41 Å². The van der Waals surface area contributed by atoms with Crippen LogP contribution in [0.15, 0.2) is 200 Å².